The predicted octanol–water partition coefficient (Wildman–Crippen LogP) is 3.68. The van der Waals surface area contributed by atoms with Gasteiger partial charge in [0.15, 0.2) is 0 Å². The van der Waals surface area contributed by atoms with Crippen LogP contribution in [0.15, 0.2) is 17.5 Å². The summed E-state index contributed by atoms with van der Waals surface area (Å²) in [5.74, 6) is -1.25. The summed E-state index contributed by atoms with van der Waals surface area (Å²) in [7, 11) is 0. The lowest BCUT2D eigenvalue weighted by Gasteiger charge is -2.04. The van der Waals surface area contributed by atoms with Crippen molar-refractivity contribution in [3.63, 3.8) is 0 Å². The van der Waals surface area contributed by atoms with Crippen LogP contribution in [-0.2, 0) is 0 Å². The van der Waals surface area contributed by atoms with E-state index in [4.69, 9.17) is 0 Å². The second-order valence-electron chi connectivity index (χ2n) is 2.76. The van der Waals surface area contributed by atoms with Crippen LogP contribution in [0.3, 0.4) is 0 Å². The Hall–Kier alpha value is -1.23. The van der Waals surface area contributed by atoms with Crippen LogP contribution in [0.5, 0.6) is 5.75 Å². The number of phenols is 1. The highest BCUT2D eigenvalue weighted by atomic mass is 32.1. The lowest BCUT2D eigenvalue weighted by Crippen LogP contribution is -1.90. The van der Waals surface area contributed by atoms with Gasteiger partial charge in [0.1, 0.15) is 11.6 Å². The molecule has 0 amide bonds. The van der Waals surface area contributed by atoms with E-state index in [-0.39, 0.29) is 11.1 Å². The largest absolute Gasteiger partial charge is 0.506 e. The molecule has 1 nitrogen and oxygen atoms in total. The van der Waals surface area contributed by atoms with Gasteiger partial charge in [0.2, 0.25) is 0 Å². The Morgan fingerprint density at radius 2 is 2.07 bits per heavy atom. The van der Waals surface area contributed by atoms with E-state index in [9.17, 15) is 18.3 Å². The van der Waals surface area contributed by atoms with Crippen molar-refractivity contribution in [2.75, 3.05) is 0 Å². The average Bonchev–Trinajstić information content (AvgIpc) is 2.59. The summed E-state index contributed by atoms with van der Waals surface area (Å²) < 4.78 is 38.2. The minimum atomic E-state index is -2.91. The van der Waals surface area contributed by atoms with Gasteiger partial charge in [0, 0.05) is 5.39 Å². The first-order valence-corrected chi connectivity index (χ1v) is 4.66. The summed E-state index contributed by atoms with van der Waals surface area (Å²) in [6.07, 6.45) is -2.91. The number of fused-ring (bicyclic) bond motifs is 1. The van der Waals surface area contributed by atoms with Gasteiger partial charge in [-0.2, -0.15) is 0 Å². The first-order valence-electron chi connectivity index (χ1n) is 3.78. The molecule has 0 saturated heterocycles. The number of benzene rings is 1. The van der Waals surface area contributed by atoms with E-state index < -0.39 is 17.8 Å². The van der Waals surface area contributed by atoms with E-state index in [1.165, 1.54) is 6.07 Å². The molecular formula is C9H5F3OS. The molecule has 0 spiro atoms. The molecule has 0 saturated carbocycles. The zero-order valence-corrected chi connectivity index (χ0v) is 7.62. The Labute approximate surface area is 81.4 Å². The minimum absolute atomic E-state index is 0.0466. The van der Waals surface area contributed by atoms with E-state index in [1.807, 2.05) is 0 Å². The standard InChI is InChI=1S/C9H5F3OS/c10-7-4-1-2-14-8(4)6(13)3-5(7)9(11)12/h1-3,9,13H. The highest BCUT2D eigenvalue weighted by molar-refractivity contribution is 7.17. The number of hydrogen-bond donors (Lipinski definition) is 1. The Morgan fingerprint density at radius 3 is 2.71 bits per heavy atom. The zero-order valence-electron chi connectivity index (χ0n) is 6.80. The van der Waals surface area contributed by atoms with Crippen LogP contribution < -0.4 is 0 Å². The molecule has 0 fully saturated rings. The molecule has 1 N–H and O–H groups in total. The molecule has 2 rings (SSSR count). The van der Waals surface area contributed by atoms with Crippen molar-refractivity contribution in [2.45, 2.75) is 6.43 Å². The lowest BCUT2D eigenvalue weighted by molar-refractivity contribution is 0.146. The fourth-order valence-electron chi connectivity index (χ4n) is 1.27. The predicted molar refractivity (Wildman–Crippen MR) is 48.4 cm³/mol. The van der Waals surface area contributed by atoms with Crippen molar-refractivity contribution in [2.24, 2.45) is 0 Å². The van der Waals surface area contributed by atoms with Gasteiger partial charge in [0.25, 0.3) is 6.43 Å². The molecule has 0 bridgehead atoms. The molecule has 0 unspecified atom stereocenters. The van der Waals surface area contributed by atoms with Crippen LogP contribution in [0.2, 0.25) is 0 Å². The highest BCUT2D eigenvalue weighted by Gasteiger charge is 2.18. The van der Waals surface area contributed by atoms with Crippen molar-refractivity contribution in [3.8, 4) is 5.75 Å². The van der Waals surface area contributed by atoms with E-state index in [2.05, 4.69) is 0 Å². The Balaban J connectivity index is 2.82. The number of aromatic hydroxyl groups is 1. The van der Waals surface area contributed by atoms with Gasteiger partial charge in [-0.25, -0.2) is 13.2 Å². The van der Waals surface area contributed by atoms with E-state index in [1.54, 1.807) is 5.38 Å². The molecule has 1 aromatic carbocycles. The maximum Gasteiger partial charge on any atom is 0.266 e. The summed E-state index contributed by atoms with van der Waals surface area (Å²) in [6.45, 7) is 0. The van der Waals surface area contributed by atoms with Crippen LogP contribution in [0.25, 0.3) is 10.1 Å². The maximum absolute atomic E-state index is 13.3. The van der Waals surface area contributed by atoms with Gasteiger partial charge in [-0.15, -0.1) is 11.3 Å². The number of thiophene rings is 1. The Bertz CT molecular complexity index is 478. The molecule has 1 aromatic heterocycles. The van der Waals surface area contributed by atoms with Crippen LogP contribution in [-0.4, -0.2) is 5.11 Å². The second-order valence-corrected chi connectivity index (χ2v) is 3.68. The third-order valence-electron chi connectivity index (χ3n) is 1.92. The zero-order chi connectivity index (χ0) is 10.3. The highest BCUT2D eigenvalue weighted by Crippen LogP contribution is 2.37. The number of halogens is 3. The smallest absolute Gasteiger partial charge is 0.266 e. The second kappa shape index (κ2) is 3.16. The minimum Gasteiger partial charge on any atom is -0.506 e. The molecule has 74 valence electrons. The van der Waals surface area contributed by atoms with E-state index in [0.717, 1.165) is 17.4 Å². The van der Waals surface area contributed by atoms with Crippen molar-refractivity contribution in [1.29, 1.82) is 0 Å². The van der Waals surface area contributed by atoms with Gasteiger partial charge in [0.05, 0.1) is 10.3 Å². The fraction of sp³-hybridized carbons (Fsp3) is 0.111. The summed E-state index contributed by atoms with van der Waals surface area (Å²) in [4.78, 5) is 0. The molecule has 0 aliphatic rings. The molecule has 0 aliphatic heterocycles. The first-order chi connectivity index (χ1) is 6.61. The van der Waals surface area contributed by atoms with Crippen molar-refractivity contribution in [1.82, 2.24) is 0 Å². The van der Waals surface area contributed by atoms with Gasteiger partial charge < -0.3 is 5.11 Å². The average molecular weight is 218 g/mol. The molecular weight excluding hydrogens is 213 g/mol. The van der Waals surface area contributed by atoms with Gasteiger partial charge in [-0.3, -0.25) is 0 Å². The Kier molecular flexibility index (Phi) is 2.11. The maximum atomic E-state index is 13.3. The molecule has 5 heteroatoms. The SMILES string of the molecule is Oc1cc(C(F)F)c(F)c2ccsc12. The van der Waals surface area contributed by atoms with E-state index >= 15 is 0 Å². The molecule has 1 heterocycles. The lowest BCUT2D eigenvalue weighted by atomic mass is 10.1. The summed E-state index contributed by atoms with van der Waals surface area (Å²) in [5.41, 5.74) is -0.756. The van der Waals surface area contributed by atoms with Crippen LogP contribution in [0, 0.1) is 5.82 Å². The molecule has 0 atom stereocenters. The van der Waals surface area contributed by atoms with Crippen LogP contribution in [0.4, 0.5) is 13.2 Å². The monoisotopic (exact) mass is 218 g/mol. The van der Waals surface area contributed by atoms with Gasteiger partial charge in [-0.1, -0.05) is 0 Å². The molecule has 14 heavy (non-hydrogen) atoms. The number of rotatable bonds is 1. The Morgan fingerprint density at radius 1 is 1.36 bits per heavy atom. The quantitative estimate of drug-likeness (QED) is 0.774. The molecule has 0 radical (unpaired) electrons. The normalized spacial score (nSPS) is 11.4. The summed E-state index contributed by atoms with van der Waals surface area (Å²) >= 11 is 1.11. The fourth-order valence-corrected chi connectivity index (χ4v) is 2.08. The number of alkyl halides is 2. The number of phenolic OH excluding ortho intramolecular Hbond substituents is 1. The topological polar surface area (TPSA) is 20.2 Å². The van der Waals surface area contributed by atoms with Crippen molar-refractivity contribution < 1.29 is 18.3 Å². The van der Waals surface area contributed by atoms with Gasteiger partial charge >= 0.3 is 0 Å². The van der Waals surface area contributed by atoms with Crippen molar-refractivity contribution in [3.05, 3.63) is 28.9 Å². The number of hydrogen-bond acceptors (Lipinski definition) is 2. The van der Waals surface area contributed by atoms with Gasteiger partial charge in [-0.05, 0) is 17.5 Å². The first kappa shape index (κ1) is 9.33. The summed E-state index contributed by atoms with van der Waals surface area (Å²) in [6, 6.07) is 2.15. The third kappa shape index (κ3) is 1.24. The molecule has 0 aliphatic carbocycles. The summed E-state index contributed by atoms with van der Waals surface area (Å²) in [5, 5.41) is 10.9. The third-order valence-corrected chi connectivity index (χ3v) is 2.85. The van der Waals surface area contributed by atoms with Crippen LogP contribution >= 0.6 is 11.3 Å². The van der Waals surface area contributed by atoms with Crippen molar-refractivity contribution >= 4 is 21.4 Å². The van der Waals surface area contributed by atoms with Crippen LogP contribution in [0.1, 0.15) is 12.0 Å². The molecule has 2 aromatic rings. The van der Waals surface area contributed by atoms with E-state index in [0.29, 0.717) is 4.70 Å².